The van der Waals surface area contributed by atoms with Crippen molar-refractivity contribution >= 4 is 35.0 Å². The Morgan fingerprint density at radius 1 is 1.07 bits per heavy atom. The molecule has 0 saturated heterocycles. The molecule has 28 heavy (non-hydrogen) atoms. The van der Waals surface area contributed by atoms with Gasteiger partial charge in [-0.25, -0.2) is 0 Å². The van der Waals surface area contributed by atoms with Crippen molar-refractivity contribution in [2.45, 2.75) is 25.8 Å². The van der Waals surface area contributed by atoms with Crippen molar-refractivity contribution in [2.24, 2.45) is 0 Å². The summed E-state index contributed by atoms with van der Waals surface area (Å²) in [6, 6.07) is 14.1. The molecule has 146 valence electrons. The summed E-state index contributed by atoms with van der Waals surface area (Å²) in [6.07, 6.45) is 1.74. The van der Waals surface area contributed by atoms with Crippen molar-refractivity contribution in [1.29, 1.82) is 0 Å². The number of nitrogens with one attached hydrogen (secondary N) is 2. The summed E-state index contributed by atoms with van der Waals surface area (Å²) in [6.45, 7) is 1.71. The van der Waals surface area contributed by atoms with Crippen LogP contribution in [0.15, 0.2) is 48.5 Å². The molecule has 1 saturated carbocycles. The number of benzene rings is 2. The molecule has 0 aliphatic heterocycles. The zero-order valence-electron chi connectivity index (χ0n) is 15.6. The van der Waals surface area contributed by atoms with Gasteiger partial charge in [0.25, 0.3) is 5.91 Å². The van der Waals surface area contributed by atoms with Crippen LogP contribution < -0.4 is 10.6 Å². The molecule has 1 aliphatic carbocycles. The molecule has 2 aromatic carbocycles. The van der Waals surface area contributed by atoms with Crippen LogP contribution in [0.25, 0.3) is 0 Å². The first-order valence-corrected chi connectivity index (χ1v) is 9.50. The number of halogens is 1. The lowest BCUT2D eigenvalue weighted by molar-refractivity contribution is -0.124. The van der Waals surface area contributed by atoms with Gasteiger partial charge in [0.2, 0.25) is 11.8 Å². The molecule has 6 nitrogen and oxygen atoms in total. The van der Waals surface area contributed by atoms with Crippen LogP contribution in [0.3, 0.4) is 0 Å². The molecule has 0 atom stereocenters. The predicted octanol–water partition coefficient (Wildman–Crippen LogP) is 3.01. The lowest BCUT2D eigenvalue weighted by Crippen LogP contribution is -2.43. The van der Waals surface area contributed by atoms with Crippen molar-refractivity contribution < 1.29 is 14.4 Å². The van der Waals surface area contributed by atoms with Crippen LogP contribution >= 0.6 is 11.6 Å². The molecule has 0 aromatic heterocycles. The average molecular weight is 400 g/mol. The third-order valence-corrected chi connectivity index (χ3v) is 4.65. The van der Waals surface area contributed by atoms with Gasteiger partial charge in [-0.1, -0.05) is 35.4 Å². The van der Waals surface area contributed by atoms with Gasteiger partial charge in [0.05, 0.1) is 6.54 Å². The van der Waals surface area contributed by atoms with Gasteiger partial charge in [-0.15, -0.1) is 0 Å². The van der Waals surface area contributed by atoms with Gasteiger partial charge in [0.1, 0.15) is 6.54 Å². The van der Waals surface area contributed by atoms with E-state index in [1.54, 1.807) is 41.3 Å². The summed E-state index contributed by atoms with van der Waals surface area (Å²) in [5, 5.41) is 5.76. The fourth-order valence-corrected chi connectivity index (χ4v) is 2.96. The fourth-order valence-electron chi connectivity index (χ4n) is 2.77. The Morgan fingerprint density at radius 3 is 2.43 bits per heavy atom. The first-order chi connectivity index (χ1) is 13.4. The number of hydrogen-bond acceptors (Lipinski definition) is 3. The molecule has 0 unspecified atom stereocenters. The predicted molar refractivity (Wildman–Crippen MR) is 108 cm³/mol. The molecule has 0 bridgehead atoms. The Bertz CT molecular complexity index is 879. The second-order valence-electron chi connectivity index (χ2n) is 6.87. The second-order valence-corrected chi connectivity index (χ2v) is 7.30. The van der Waals surface area contributed by atoms with E-state index < -0.39 is 0 Å². The maximum absolute atomic E-state index is 12.7. The highest BCUT2D eigenvalue weighted by molar-refractivity contribution is 6.31. The molecule has 7 heteroatoms. The number of hydrogen-bond donors (Lipinski definition) is 2. The average Bonchev–Trinajstić information content (AvgIpc) is 3.51. The van der Waals surface area contributed by atoms with E-state index in [2.05, 4.69) is 10.6 Å². The van der Waals surface area contributed by atoms with E-state index in [4.69, 9.17) is 11.6 Å². The second kappa shape index (κ2) is 8.89. The lowest BCUT2D eigenvalue weighted by Gasteiger charge is -2.22. The standard InChI is InChI=1S/C21H22ClN3O3/c1-14-5-7-17(8-6-14)24-19(26)12-23-20(27)13-25(18-9-10-18)21(28)15-3-2-4-16(22)11-15/h2-8,11,18H,9-10,12-13H2,1H3,(H,23,27)(H,24,26). The number of rotatable bonds is 7. The monoisotopic (exact) mass is 399 g/mol. The van der Waals surface area contributed by atoms with Crippen LogP contribution in [0.1, 0.15) is 28.8 Å². The minimum Gasteiger partial charge on any atom is -0.345 e. The van der Waals surface area contributed by atoms with E-state index in [1.807, 2.05) is 19.1 Å². The van der Waals surface area contributed by atoms with Crippen molar-refractivity contribution in [3.63, 3.8) is 0 Å². The zero-order valence-corrected chi connectivity index (χ0v) is 16.3. The topological polar surface area (TPSA) is 78.5 Å². The van der Waals surface area contributed by atoms with Crippen LogP contribution in [-0.4, -0.2) is 41.8 Å². The molecule has 3 amide bonds. The van der Waals surface area contributed by atoms with Crippen LogP contribution in [0.5, 0.6) is 0 Å². The molecule has 3 rings (SSSR count). The van der Waals surface area contributed by atoms with E-state index in [-0.39, 0.29) is 36.9 Å². The molecule has 0 radical (unpaired) electrons. The molecule has 1 aliphatic rings. The first kappa shape index (κ1) is 19.9. The Hall–Kier alpha value is -2.86. The Kier molecular flexibility index (Phi) is 6.31. The molecule has 1 fully saturated rings. The van der Waals surface area contributed by atoms with E-state index in [9.17, 15) is 14.4 Å². The largest absolute Gasteiger partial charge is 0.345 e. The van der Waals surface area contributed by atoms with E-state index in [1.165, 1.54) is 0 Å². The third kappa shape index (κ3) is 5.57. The molecule has 2 aromatic rings. The smallest absolute Gasteiger partial charge is 0.254 e. The summed E-state index contributed by atoms with van der Waals surface area (Å²) in [4.78, 5) is 38.6. The van der Waals surface area contributed by atoms with Gasteiger partial charge >= 0.3 is 0 Å². The van der Waals surface area contributed by atoms with Gasteiger partial charge in [-0.2, -0.15) is 0 Å². The van der Waals surface area contributed by atoms with Gasteiger partial charge < -0.3 is 15.5 Å². The van der Waals surface area contributed by atoms with Gasteiger partial charge in [-0.3, -0.25) is 14.4 Å². The van der Waals surface area contributed by atoms with Crippen molar-refractivity contribution in [2.75, 3.05) is 18.4 Å². The number of nitrogens with zero attached hydrogens (tertiary/aromatic N) is 1. The minimum atomic E-state index is -0.374. The Morgan fingerprint density at radius 2 is 1.79 bits per heavy atom. The lowest BCUT2D eigenvalue weighted by atomic mass is 10.2. The first-order valence-electron chi connectivity index (χ1n) is 9.12. The number of aryl methyl sites for hydroxylation is 1. The van der Waals surface area contributed by atoms with Crippen LogP contribution in [-0.2, 0) is 9.59 Å². The molecular weight excluding hydrogens is 378 g/mol. The van der Waals surface area contributed by atoms with Crippen molar-refractivity contribution in [3.8, 4) is 0 Å². The van der Waals surface area contributed by atoms with Crippen molar-refractivity contribution in [1.82, 2.24) is 10.2 Å². The van der Waals surface area contributed by atoms with Crippen LogP contribution in [0, 0.1) is 6.92 Å². The van der Waals surface area contributed by atoms with Crippen molar-refractivity contribution in [3.05, 3.63) is 64.7 Å². The fraction of sp³-hybridized carbons (Fsp3) is 0.286. The highest BCUT2D eigenvalue weighted by Gasteiger charge is 2.34. The van der Waals surface area contributed by atoms with Gasteiger partial charge in [0, 0.05) is 22.3 Å². The minimum absolute atomic E-state index is 0.0543. The summed E-state index contributed by atoms with van der Waals surface area (Å²) in [5.74, 6) is -0.929. The van der Waals surface area contributed by atoms with E-state index in [0.29, 0.717) is 16.3 Å². The molecule has 0 heterocycles. The maximum Gasteiger partial charge on any atom is 0.254 e. The number of amides is 3. The van der Waals surface area contributed by atoms with Gasteiger partial charge in [-0.05, 0) is 50.1 Å². The Balaban J connectivity index is 1.52. The summed E-state index contributed by atoms with van der Waals surface area (Å²) < 4.78 is 0. The van der Waals surface area contributed by atoms with Crippen LogP contribution in [0.4, 0.5) is 5.69 Å². The number of anilines is 1. The Labute approximate surface area is 168 Å². The van der Waals surface area contributed by atoms with E-state index in [0.717, 1.165) is 18.4 Å². The number of carbonyl (C=O) groups is 3. The van der Waals surface area contributed by atoms with E-state index >= 15 is 0 Å². The third-order valence-electron chi connectivity index (χ3n) is 4.42. The summed E-state index contributed by atoms with van der Waals surface area (Å²) >= 11 is 5.96. The van der Waals surface area contributed by atoms with Crippen LogP contribution in [0.2, 0.25) is 5.02 Å². The maximum atomic E-state index is 12.7. The van der Waals surface area contributed by atoms with Gasteiger partial charge in [0.15, 0.2) is 0 Å². The zero-order chi connectivity index (χ0) is 20.1. The number of carbonyl (C=O) groups excluding carboxylic acids is 3. The normalized spacial score (nSPS) is 12.9. The summed E-state index contributed by atoms with van der Waals surface area (Å²) in [5.41, 5.74) is 2.21. The quantitative estimate of drug-likeness (QED) is 0.751. The molecule has 2 N–H and O–H groups in total. The molecule has 0 spiro atoms. The SMILES string of the molecule is Cc1ccc(NC(=O)CNC(=O)CN(C(=O)c2cccc(Cl)c2)C2CC2)cc1. The highest BCUT2D eigenvalue weighted by Crippen LogP contribution is 2.28. The highest BCUT2D eigenvalue weighted by atomic mass is 35.5. The molecular formula is C21H22ClN3O3. The summed E-state index contributed by atoms with van der Waals surface area (Å²) in [7, 11) is 0.